The zero-order valence-corrected chi connectivity index (χ0v) is 15.1. The number of nitrogens with one attached hydrogen (secondary N) is 1. The fraction of sp³-hybridized carbons (Fsp3) is 0.529. The summed E-state index contributed by atoms with van der Waals surface area (Å²) < 4.78 is 23.3. The van der Waals surface area contributed by atoms with E-state index in [0.29, 0.717) is 18.7 Å². The first-order chi connectivity index (χ1) is 11.3. The van der Waals surface area contributed by atoms with Gasteiger partial charge in [0.15, 0.2) is 9.84 Å². The van der Waals surface area contributed by atoms with E-state index in [-0.39, 0.29) is 11.5 Å². The van der Waals surface area contributed by atoms with Gasteiger partial charge < -0.3 is 10.2 Å². The van der Waals surface area contributed by atoms with E-state index in [1.165, 1.54) is 4.90 Å². The standard InChI is InChI=1S/C17H24N2O4S/c1-4-13-8-6-7-12(3)15(13)18-16(20)17(21)19(5-2)14-9-10-24(22,23)11-14/h6-8,14H,4-5,9-11H2,1-3H3,(H,18,20). The van der Waals surface area contributed by atoms with Gasteiger partial charge in [0.1, 0.15) is 0 Å². The predicted molar refractivity (Wildman–Crippen MR) is 93.6 cm³/mol. The van der Waals surface area contributed by atoms with Crippen molar-refractivity contribution in [2.75, 3.05) is 23.4 Å². The Kier molecular flexibility index (Phi) is 5.64. The number of anilines is 1. The van der Waals surface area contributed by atoms with Crippen molar-refractivity contribution in [2.24, 2.45) is 0 Å². The third kappa shape index (κ3) is 3.95. The molecular weight excluding hydrogens is 328 g/mol. The van der Waals surface area contributed by atoms with E-state index >= 15 is 0 Å². The lowest BCUT2D eigenvalue weighted by molar-refractivity contribution is -0.144. The minimum absolute atomic E-state index is 0.0650. The van der Waals surface area contributed by atoms with E-state index in [1.54, 1.807) is 6.92 Å². The fourth-order valence-corrected chi connectivity index (χ4v) is 4.82. The Labute approximate surface area is 143 Å². The molecule has 6 nitrogen and oxygen atoms in total. The number of carbonyl (C=O) groups is 2. The summed E-state index contributed by atoms with van der Waals surface area (Å²) in [7, 11) is -3.11. The monoisotopic (exact) mass is 352 g/mol. The van der Waals surface area contributed by atoms with E-state index in [0.717, 1.165) is 17.5 Å². The highest BCUT2D eigenvalue weighted by molar-refractivity contribution is 7.91. The van der Waals surface area contributed by atoms with Crippen molar-refractivity contribution >= 4 is 27.3 Å². The number of hydrogen-bond acceptors (Lipinski definition) is 4. The van der Waals surface area contributed by atoms with Crippen molar-refractivity contribution < 1.29 is 18.0 Å². The smallest absolute Gasteiger partial charge is 0.313 e. The number of hydrogen-bond donors (Lipinski definition) is 1. The molecule has 0 bridgehead atoms. The molecule has 0 saturated carbocycles. The van der Waals surface area contributed by atoms with Crippen LogP contribution in [-0.2, 0) is 25.8 Å². The molecule has 0 radical (unpaired) electrons. The molecule has 1 aromatic rings. The summed E-state index contributed by atoms with van der Waals surface area (Å²) in [5.41, 5.74) is 2.51. The first kappa shape index (κ1) is 18.4. The van der Waals surface area contributed by atoms with Gasteiger partial charge in [0, 0.05) is 18.3 Å². The van der Waals surface area contributed by atoms with Crippen molar-refractivity contribution in [3.63, 3.8) is 0 Å². The molecule has 1 atom stereocenters. The molecule has 2 rings (SSSR count). The average molecular weight is 352 g/mol. The Morgan fingerprint density at radius 2 is 2.00 bits per heavy atom. The van der Waals surface area contributed by atoms with Crippen molar-refractivity contribution in [1.82, 2.24) is 4.90 Å². The van der Waals surface area contributed by atoms with Crippen molar-refractivity contribution in [3.8, 4) is 0 Å². The van der Waals surface area contributed by atoms with Crippen LogP contribution in [-0.4, -0.2) is 49.2 Å². The molecule has 1 aliphatic heterocycles. The molecular formula is C17H24N2O4S. The molecule has 1 saturated heterocycles. The third-order valence-corrected chi connectivity index (χ3v) is 6.17. The predicted octanol–water partition coefficient (Wildman–Crippen LogP) is 1.53. The van der Waals surface area contributed by atoms with Gasteiger partial charge >= 0.3 is 11.8 Å². The van der Waals surface area contributed by atoms with Gasteiger partial charge in [-0.15, -0.1) is 0 Å². The summed E-state index contributed by atoms with van der Waals surface area (Å²) in [4.78, 5) is 26.3. The maximum absolute atomic E-state index is 12.5. The Hall–Kier alpha value is -1.89. The zero-order chi connectivity index (χ0) is 17.9. The molecule has 0 aromatic heterocycles. The molecule has 132 valence electrons. The molecule has 1 unspecified atom stereocenters. The summed E-state index contributed by atoms with van der Waals surface area (Å²) in [5.74, 6) is -1.39. The van der Waals surface area contributed by atoms with E-state index in [9.17, 15) is 18.0 Å². The topological polar surface area (TPSA) is 83.6 Å². The number of para-hydroxylation sites is 1. The molecule has 24 heavy (non-hydrogen) atoms. The maximum atomic E-state index is 12.5. The average Bonchev–Trinajstić information content (AvgIpc) is 2.89. The highest BCUT2D eigenvalue weighted by atomic mass is 32.2. The van der Waals surface area contributed by atoms with Gasteiger partial charge in [-0.25, -0.2) is 8.42 Å². The highest BCUT2D eigenvalue weighted by Crippen LogP contribution is 2.22. The quantitative estimate of drug-likeness (QED) is 0.833. The molecule has 1 aromatic carbocycles. The zero-order valence-electron chi connectivity index (χ0n) is 14.3. The van der Waals surface area contributed by atoms with Crippen LogP contribution in [0.1, 0.15) is 31.4 Å². The van der Waals surface area contributed by atoms with Crippen LogP contribution in [0.4, 0.5) is 5.69 Å². The molecule has 1 fully saturated rings. The molecule has 0 spiro atoms. The summed E-state index contributed by atoms with van der Waals surface area (Å²) in [5, 5.41) is 2.71. The molecule has 7 heteroatoms. The van der Waals surface area contributed by atoms with Crippen LogP contribution in [0, 0.1) is 6.92 Å². The number of aryl methyl sites for hydroxylation is 2. The van der Waals surface area contributed by atoms with Gasteiger partial charge in [0.25, 0.3) is 0 Å². The second-order valence-corrected chi connectivity index (χ2v) is 8.29. The molecule has 1 aliphatic rings. The Balaban J connectivity index is 2.16. The van der Waals surface area contributed by atoms with E-state index in [2.05, 4.69) is 5.32 Å². The summed E-state index contributed by atoms with van der Waals surface area (Å²) >= 11 is 0. The Morgan fingerprint density at radius 1 is 1.29 bits per heavy atom. The minimum atomic E-state index is -3.11. The summed E-state index contributed by atoms with van der Waals surface area (Å²) in [6.45, 7) is 5.91. The van der Waals surface area contributed by atoms with Crippen LogP contribution in [0.2, 0.25) is 0 Å². The summed E-state index contributed by atoms with van der Waals surface area (Å²) in [6.07, 6.45) is 1.13. The number of carbonyl (C=O) groups excluding carboxylic acids is 2. The largest absolute Gasteiger partial charge is 0.331 e. The van der Waals surface area contributed by atoms with Gasteiger partial charge in [0.2, 0.25) is 0 Å². The summed E-state index contributed by atoms with van der Waals surface area (Å²) in [6, 6.07) is 5.28. The lowest BCUT2D eigenvalue weighted by Crippen LogP contribution is -2.46. The number of benzene rings is 1. The number of nitrogens with zero attached hydrogens (tertiary/aromatic N) is 1. The van der Waals surface area contributed by atoms with Gasteiger partial charge in [-0.05, 0) is 37.8 Å². The van der Waals surface area contributed by atoms with Crippen LogP contribution in [0.3, 0.4) is 0 Å². The first-order valence-electron chi connectivity index (χ1n) is 8.20. The molecule has 0 aliphatic carbocycles. The van der Waals surface area contributed by atoms with E-state index in [1.807, 2.05) is 32.0 Å². The molecule has 1 heterocycles. The highest BCUT2D eigenvalue weighted by Gasteiger charge is 2.36. The lowest BCUT2D eigenvalue weighted by Gasteiger charge is -2.26. The number of rotatable bonds is 4. The molecule has 2 amide bonds. The Bertz CT molecular complexity index is 743. The SMILES string of the molecule is CCc1cccc(C)c1NC(=O)C(=O)N(CC)C1CCS(=O)(=O)C1. The van der Waals surface area contributed by atoms with E-state index < -0.39 is 27.7 Å². The van der Waals surface area contributed by atoms with Crippen LogP contribution >= 0.6 is 0 Å². The Morgan fingerprint density at radius 3 is 2.54 bits per heavy atom. The minimum Gasteiger partial charge on any atom is -0.331 e. The normalized spacial score (nSPS) is 19.0. The number of likely N-dealkylation sites (N-methyl/N-ethyl adjacent to an activating group) is 1. The van der Waals surface area contributed by atoms with Gasteiger partial charge in [-0.3, -0.25) is 9.59 Å². The van der Waals surface area contributed by atoms with Crippen LogP contribution in [0.15, 0.2) is 18.2 Å². The second-order valence-electron chi connectivity index (χ2n) is 6.06. The maximum Gasteiger partial charge on any atom is 0.313 e. The van der Waals surface area contributed by atoms with Crippen LogP contribution in [0.5, 0.6) is 0 Å². The van der Waals surface area contributed by atoms with Gasteiger partial charge in [-0.2, -0.15) is 0 Å². The van der Waals surface area contributed by atoms with Crippen molar-refractivity contribution in [2.45, 2.75) is 39.7 Å². The van der Waals surface area contributed by atoms with Gasteiger partial charge in [0.05, 0.1) is 11.5 Å². The number of amides is 2. The second kappa shape index (κ2) is 7.34. The number of sulfone groups is 1. The lowest BCUT2D eigenvalue weighted by atomic mass is 10.1. The van der Waals surface area contributed by atoms with Crippen LogP contribution < -0.4 is 5.32 Å². The first-order valence-corrected chi connectivity index (χ1v) is 10.0. The van der Waals surface area contributed by atoms with Crippen molar-refractivity contribution in [3.05, 3.63) is 29.3 Å². The van der Waals surface area contributed by atoms with E-state index in [4.69, 9.17) is 0 Å². The van der Waals surface area contributed by atoms with Gasteiger partial charge in [-0.1, -0.05) is 25.1 Å². The third-order valence-electron chi connectivity index (χ3n) is 4.42. The van der Waals surface area contributed by atoms with Crippen molar-refractivity contribution in [1.29, 1.82) is 0 Å². The fourth-order valence-electron chi connectivity index (χ4n) is 3.09. The van der Waals surface area contributed by atoms with Crippen LogP contribution in [0.25, 0.3) is 0 Å². The molecule has 1 N–H and O–H groups in total.